The topological polar surface area (TPSA) is 44.8 Å². The van der Waals surface area contributed by atoms with Crippen LogP contribution in [0.15, 0.2) is 97.1 Å². The summed E-state index contributed by atoms with van der Waals surface area (Å²) >= 11 is 0. The van der Waals surface area contributed by atoms with E-state index in [9.17, 15) is 4.79 Å². The Balaban J connectivity index is 1.51. The van der Waals surface area contributed by atoms with Gasteiger partial charge in [-0.3, -0.25) is 0 Å². The first-order valence-corrected chi connectivity index (χ1v) is 16.4. The molecule has 0 saturated carbocycles. The predicted molar refractivity (Wildman–Crippen MR) is 191 cm³/mol. The summed E-state index contributed by atoms with van der Waals surface area (Å²) in [6.07, 6.45) is 4.03. The molecule has 4 aromatic rings. The second-order valence-electron chi connectivity index (χ2n) is 13.8. The van der Waals surface area contributed by atoms with E-state index >= 15 is 0 Å². The molecule has 0 bridgehead atoms. The van der Waals surface area contributed by atoms with Crippen LogP contribution in [0.5, 0.6) is 5.75 Å². The lowest BCUT2D eigenvalue weighted by atomic mass is 9.85. The van der Waals surface area contributed by atoms with Crippen LogP contribution in [0.3, 0.4) is 0 Å². The van der Waals surface area contributed by atoms with Gasteiger partial charge in [-0.25, -0.2) is 4.79 Å². The molecule has 0 radical (unpaired) electrons. The van der Waals surface area contributed by atoms with Crippen LogP contribution in [0.1, 0.15) is 77.6 Å². The number of hydrogen-bond acceptors (Lipinski definition) is 4. The zero-order valence-electron chi connectivity index (χ0n) is 28.9. The molecule has 0 aliphatic carbocycles. The highest BCUT2D eigenvalue weighted by atomic mass is 16.6. The van der Waals surface area contributed by atoms with Gasteiger partial charge in [-0.2, -0.15) is 0 Å². The first-order valence-electron chi connectivity index (χ1n) is 16.4. The Morgan fingerprint density at radius 2 is 1.20 bits per heavy atom. The van der Waals surface area contributed by atoms with Crippen LogP contribution in [0.25, 0.3) is 28.3 Å². The Morgan fingerprint density at radius 1 is 0.674 bits per heavy atom. The van der Waals surface area contributed by atoms with Crippen molar-refractivity contribution in [2.45, 2.75) is 78.7 Å². The van der Waals surface area contributed by atoms with Gasteiger partial charge in [0.05, 0.1) is 6.61 Å². The molecule has 0 aromatic heterocycles. The van der Waals surface area contributed by atoms with Crippen molar-refractivity contribution in [3.63, 3.8) is 0 Å². The van der Waals surface area contributed by atoms with Crippen molar-refractivity contribution in [2.75, 3.05) is 19.8 Å². The first-order chi connectivity index (χ1) is 21.9. The van der Waals surface area contributed by atoms with Crippen molar-refractivity contribution in [1.29, 1.82) is 0 Å². The van der Waals surface area contributed by atoms with E-state index in [0.29, 0.717) is 26.2 Å². The van der Waals surface area contributed by atoms with E-state index in [2.05, 4.69) is 114 Å². The lowest BCUT2D eigenvalue weighted by molar-refractivity contribution is -0.156. The fraction of sp³-hybridized carbons (Fsp3) is 0.357. The number of benzene rings is 4. The third kappa shape index (κ3) is 9.67. The highest BCUT2D eigenvalue weighted by Crippen LogP contribution is 2.32. The lowest BCUT2D eigenvalue weighted by Gasteiger charge is -2.20. The maximum absolute atomic E-state index is 12.2. The van der Waals surface area contributed by atoms with Gasteiger partial charge in [0.2, 0.25) is 0 Å². The van der Waals surface area contributed by atoms with Gasteiger partial charge in [0, 0.05) is 13.0 Å². The molecule has 0 heterocycles. The third-order valence-corrected chi connectivity index (χ3v) is 8.04. The fourth-order valence-corrected chi connectivity index (χ4v) is 5.32. The van der Waals surface area contributed by atoms with Gasteiger partial charge in [0.1, 0.15) is 12.4 Å². The smallest absolute Gasteiger partial charge is 0.335 e. The fourth-order valence-electron chi connectivity index (χ4n) is 5.32. The van der Waals surface area contributed by atoms with Crippen LogP contribution in [0, 0.1) is 0 Å². The Bertz CT molecular complexity index is 1510. The summed E-state index contributed by atoms with van der Waals surface area (Å²) < 4.78 is 16.8. The highest BCUT2D eigenvalue weighted by Gasteiger charge is 2.20. The molecule has 4 rings (SSSR count). The molecule has 0 fully saturated rings. The van der Waals surface area contributed by atoms with Crippen molar-refractivity contribution in [3.05, 3.63) is 119 Å². The van der Waals surface area contributed by atoms with E-state index in [1.54, 1.807) is 6.92 Å². The summed E-state index contributed by atoms with van der Waals surface area (Å²) in [6, 6.07) is 32.4. The summed E-state index contributed by atoms with van der Waals surface area (Å²) in [5, 5.41) is 0. The molecule has 1 atom stereocenters. The first kappa shape index (κ1) is 34.7. The van der Waals surface area contributed by atoms with Crippen LogP contribution in [0.4, 0.5) is 0 Å². The molecular weight excluding hydrogens is 568 g/mol. The molecule has 0 aliphatic rings. The lowest BCUT2D eigenvalue weighted by Crippen LogP contribution is -2.28. The Morgan fingerprint density at radius 3 is 1.65 bits per heavy atom. The molecular formula is C42H50O4. The van der Waals surface area contributed by atoms with E-state index in [-0.39, 0.29) is 16.8 Å². The van der Waals surface area contributed by atoms with E-state index in [1.165, 1.54) is 33.4 Å². The van der Waals surface area contributed by atoms with E-state index in [1.807, 2.05) is 37.3 Å². The van der Waals surface area contributed by atoms with Gasteiger partial charge in [0.15, 0.2) is 6.10 Å². The van der Waals surface area contributed by atoms with Gasteiger partial charge in [0.25, 0.3) is 0 Å². The highest BCUT2D eigenvalue weighted by molar-refractivity contribution is 5.77. The second-order valence-corrected chi connectivity index (χ2v) is 13.8. The van der Waals surface area contributed by atoms with Crippen LogP contribution in [-0.2, 0) is 31.5 Å². The average Bonchev–Trinajstić information content (AvgIpc) is 3.03. The van der Waals surface area contributed by atoms with Gasteiger partial charge in [-0.1, -0.05) is 108 Å². The average molecular weight is 619 g/mol. The molecule has 242 valence electrons. The largest absolute Gasteiger partial charge is 0.490 e. The number of carbonyl (C=O) groups excluding carboxylic acids is 1. The minimum absolute atomic E-state index is 0.109. The molecule has 4 nitrogen and oxygen atoms in total. The number of ether oxygens (including phenoxy) is 3. The molecule has 0 unspecified atom stereocenters. The number of esters is 1. The summed E-state index contributed by atoms with van der Waals surface area (Å²) in [7, 11) is 0. The van der Waals surface area contributed by atoms with Crippen LogP contribution >= 0.6 is 0 Å². The maximum atomic E-state index is 12.2. The van der Waals surface area contributed by atoms with E-state index in [4.69, 9.17) is 14.2 Å². The Kier molecular flexibility index (Phi) is 11.6. The quantitative estimate of drug-likeness (QED) is 0.148. The molecule has 0 aliphatic heterocycles. The molecule has 0 amide bonds. The standard InChI is InChI=1S/C42H50O4/c1-9-44-39(40(43)45-10-2)28-30-13-23-38(24-14-30)46-25-11-12-31-26-34(32-15-19-36(20-16-32)41(3,4)5)29-35(27-31)33-17-21-37(22-18-33)42(6,7)8/h11-24,26-27,29,39H,9-10,25,28H2,1-8H3/b12-11+/t39-/m0/s1. The second kappa shape index (κ2) is 15.4. The minimum atomic E-state index is -0.604. The zero-order chi connectivity index (χ0) is 33.3. The van der Waals surface area contributed by atoms with Crippen molar-refractivity contribution in [2.24, 2.45) is 0 Å². The van der Waals surface area contributed by atoms with E-state index in [0.717, 1.165) is 16.9 Å². The SMILES string of the molecule is CCOC(=O)[C@H](Cc1ccc(OC/C=C/c2cc(-c3ccc(C(C)(C)C)cc3)cc(-c3ccc(C(C)(C)C)cc3)c2)cc1)OCC. The van der Waals surface area contributed by atoms with Crippen LogP contribution in [-0.4, -0.2) is 31.9 Å². The molecule has 46 heavy (non-hydrogen) atoms. The summed E-state index contributed by atoms with van der Waals surface area (Å²) in [5.41, 5.74) is 9.73. The Hall–Kier alpha value is -4.15. The Labute approximate surface area is 276 Å². The molecule has 0 spiro atoms. The molecule has 0 saturated heterocycles. The van der Waals surface area contributed by atoms with Gasteiger partial charge < -0.3 is 14.2 Å². The number of hydrogen-bond donors (Lipinski definition) is 0. The van der Waals surface area contributed by atoms with Gasteiger partial charge in [-0.15, -0.1) is 0 Å². The normalized spacial score (nSPS) is 12.7. The number of carbonyl (C=O) groups is 1. The van der Waals surface area contributed by atoms with Crippen molar-refractivity contribution >= 4 is 12.0 Å². The summed E-state index contributed by atoms with van der Waals surface area (Å²) in [6.45, 7) is 18.4. The molecule has 4 aromatic carbocycles. The summed E-state index contributed by atoms with van der Waals surface area (Å²) in [4.78, 5) is 12.2. The third-order valence-electron chi connectivity index (χ3n) is 8.04. The maximum Gasteiger partial charge on any atom is 0.335 e. The van der Waals surface area contributed by atoms with Crippen LogP contribution < -0.4 is 4.74 Å². The van der Waals surface area contributed by atoms with Gasteiger partial charge >= 0.3 is 5.97 Å². The van der Waals surface area contributed by atoms with Crippen molar-refractivity contribution < 1.29 is 19.0 Å². The van der Waals surface area contributed by atoms with Crippen LogP contribution in [0.2, 0.25) is 0 Å². The van der Waals surface area contributed by atoms with E-state index < -0.39 is 6.10 Å². The monoisotopic (exact) mass is 618 g/mol. The molecule has 4 heteroatoms. The van der Waals surface area contributed by atoms with Gasteiger partial charge in [-0.05, 0) is 106 Å². The predicted octanol–water partition coefficient (Wildman–Crippen LogP) is 10.2. The minimum Gasteiger partial charge on any atom is -0.490 e. The summed E-state index contributed by atoms with van der Waals surface area (Å²) in [5.74, 6) is 0.440. The number of rotatable bonds is 12. The van der Waals surface area contributed by atoms with Crippen molar-refractivity contribution in [3.8, 4) is 28.0 Å². The van der Waals surface area contributed by atoms with Crippen molar-refractivity contribution in [1.82, 2.24) is 0 Å². The zero-order valence-corrected chi connectivity index (χ0v) is 28.9. The molecule has 0 N–H and O–H groups in total.